The van der Waals surface area contributed by atoms with E-state index in [2.05, 4.69) is 50.5 Å². The first-order valence-corrected chi connectivity index (χ1v) is 16.0. The Morgan fingerprint density at radius 2 is 1.59 bits per heavy atom. The first-order valence-electron chi connectivity index (χ1n) is 14.3. The van der Waals surface area contributed by atoms with Crippen molar-refractivity contribution in [2.45, 2.75) is 90.0 Å². The predicted octanol–water partition coefficient (Wildman–Crippen LogP) is 6.73. The number of hydrogen-bond acceptors (Lipinski definition) is 5. The Morgan fingerprint density at radius 1 is 0.865 bits per heavy atom. The topological polar surface area (TPSA) is 67.4 Å². The number of sulfone groups is 1. The lowest BCUT2D eigenvalue weighted by atomic mass is 10.0. The zero-order valence-electron chi connectivity index (χ0n) is 23.6. The molecule has 0 bridgehead atoms. The van der Waals surface area contributed by atoms with E-state index in [0.717, 1.165) is 50.2 Å². The zero-order chi connectivity index (χ0) is 26.9. The predicted molar refractivity (Wildman–Crippen MR) is 156 cm³/mol. The van der Waals surface area contributed by atoms with Crippen molar-refractivity contribution < 1.29 is 13.2 Å². The van der Waals surface area contributed by atoms with Gasteiger partial charge in [-0.3, -0.25) is 0 Å². The highest BCUT2D eigenvalue weighted by Gasteiger charge is 2.15. The van der Waals surface area contributed by atoms with Crippen LogP contribution in [-0.2, 0) is 16.3 Å². The molecule has 0 spiro atoms. The van der Waals surface area contributed by atoms with Crippen LogP contribution in [0.3, 0.4) is 0 Å². The summed E-state index contributed by atoms with van der Waals surface area (Å²) >= 11 is 0. The van der Waals surface area contributed by atoms with Gasteiger partial charge in [-0.2, -0.15) is 0 Å². The largest absolute Gasteiger partial charge is 0.494 e. The van der Waals surface area contributed by atoms with Gasteiger partial charge in [0.2, 0.25) is 0 Å². The molecule has 1 unspecified atom stereocenters. The summed E-state index contributed by atoms with van der Waals surface area (Å²) in [5.41, 5.74) is 2.42. The van der Waals surface area contributed by atoms with E-state index in [-0.39, 0.29) is 11.8 Å². The van der Waals surface area contributed by atoms with Crippen LogP contribution in [0.5, 0.6) is 5.75 Å². The van der Waals surface area contributed by atoms with E-state index in [9.17, 15) is 8.42 Å². The maximum atomic E-state index is 12.8. The molecule has 37 heavy (non-hydrogen) atoms. The van der Waals surface area contributed by atoms with Crippen molar-refractivity contribution in [3.05, 3.63) is 59.7 Å². The fourth-order valence-corrected chi connectivity index (χ4v) is 5.79. The molecule has 0 heterocycles. The number of ether oxygens (including phenoxy) is 1. The fourth-order valence-electron chi connectivity index (χ4n) is 4.42. The van der Waals surface area contributed by atoms with E-state index in [1.165, 1.54) is 24.8 Å². The Balaban J connectivity index is 1.72. The maximum absolute atomic E-state index is 12.8. The maximum Gasteiger partial charge on any atom is 0.178 e. The molecule has 0 fully saturated rings. The van der Waals surface area contributed by atoms with Gasteiger partial charge >= 0.3 is 0 Å². The molecule has 0 saturated heterocycles. The lowest BCUT2D eigenvalue weighted by Gasteiger charge is -2.18. The van der Waals surface area contributed by atoms with Crippen molar-refractivity contribution in [1.29, 1.82) is 0 Å². The third kappa shape index (κ3) is 12.5. The van der Waals surface area contributed by atoms with E-state index >= 15 is 0 Å². The van der Waals surface area contributed by atoms with Crippen LogP contribution in [0.1, 0.15) is 89.8 Å². The zero-order valence-corrected chi connectivity index (χ0v) is 24.4. The third-order valence-electron chi connectivity index (χ3n) is 6.55. The van der Waals surface area contributed by atoms with Gasteiger partial charge in [-0.25, -0.2) is 8.42 Å². The monoisotopic (exact) mass is 530 g/mol. The highest BCUT2D eigenvalue weighted by atomic mass is 32.2. The molecule has 6 heteroatoms. The molecule has 0 aliphatic rings. The molecule has 0 aliphatic carbocycles. The van der Waals surface area contributed by atoms with Crippen LogP contribution in [0, 0.1) is 5.92 Å². The number of benzene rings is 2. The van der Waals surface area contributed by atoms with Gasteiger partial charge in [0.1, 0.15) is 5.75 Å². The Kier molecular flexibility index (Phi) is 14.9. The van der Waals surface area contributed by atoms with Crippen molar-refractivity contribution in [3.63, 3.8) is 0 Å². The molecule has 2 N–H and O–H groups in total. The van der Waals surface area contributed by atoms with Crippen LogP contribution >= 0.6 is 0 Å². The van der Waals surface area contributed by atoms with Gasteiger partial charge in [0.05, 0.1) is 17.3 Å². The van der Waals surface area contributed by atoms with Crippen LogP contribution in [0.4, 0.5) is 0 Å². The molecule has 0 saturated carbocycles. The molecule has 2 aromatic rings. The number of unbranched alkanes of at least 4 members (excludes halogenated alkanes) is 3. The van der Waals surface area contributed by atoms with Crippen LogP contribution in [0.2, 0.25) is 0 Å². The summed E-state index contributed by atoms with van der Waals surface area (Å²) in [6.07, 6.45) is 8.07. The van der Waals surface area contributed by atoms with Crippen molar-refractivity contribution in [2.24, 2.45) is 5.92 Å². The molecule has 0 aromatic heterocycles. The third-order valence-corrected chi connectivity index (χ3v) is 8.36. The lowest BCUT2D eigenvalue weighted by Crippen LogP contribution is -2.23. The first-order chi connectivity index (χ1) is 17.9. The summed E-state index contributed by atoms with van der Waals surface area (Å²) in [5, 5.41) is 7.11. The Labute approximate surface area is 226 Å². The highest BCUT2D eigenvalue weighted by Crippen LogP contribution is 2.21. The average Bonchev–Trinajstić information content (AvgIpc) is 2.87. The molecule has 208 valence electrons. The standard InChI is InChI=1S/C31H50N2O3S/c1-5-7-19-32-20-8-9-21-33-31(6-2)28-15-17-30(18-16-28)37(34,35)23-11-10-22-36-29-14-12-13-27(25-29)24-26(3)4/h12-18,25-26,31-33H,5-11,19-24H2,1-4H3. The highest BCUT2D eigenvalue weighted by molar-refractivity contribution is 7.91. The molecule has 5 nitrogen and oxygen atoms in total. The van der Waals surface area contributed by atoms with E-state index in [4.69, 9.17) is 4.74 Å². The summed E-state index contributed by atoms with van der Waals surface area (Å²) in [5.74, 6) is 1.61. The average molecular weight is 531 g/mol. The number of hydrogen-bond donors (Lipinski definition) is 2. The number of nitrogens with one attached hydrogen (secondary N) is 2. The number of rotatable bonds is 20. The second-order valence-electron chi connectivity index (χ2n) is 10.4. The lowest BCUT2D eigenvalue weighted by molar-refractivity contribution is 0.309. The van der Waals surface area contributed by atoms with Crippen molar-refractivity contribution in [3.8, 4) is 5.75 Å². The van der Waals surface area contributed by atoms with Crippen LogP contribution < -0.4 is 15.4 Å². The van der Waals surface area contributed by atoms with Gasteiger partial charge in [-0.15, -0.1) is 0 Å². The van der Waals surface area contributed by atoms with Crippen LogP contribution in [-0.4, -0.2) is 40.4 Å². The summed E-state index contributed by atoms with van der Waals surface area (Å²) in [6, 6.07) is 15.9. The first kappa shape index (κ1) is 31.3. The molecule has 0 amide bonds. The minimum absolute atomic E-state index is 0.144. The van der Waals surface area contributed by atoms with Gasteiger partial charge in [0.15, 0.2) is 9.84 Å². The van der Waals surface area contributed by atoms with Gasteiger partial charge < -0.3 is 15.4 Å². The molecular weight excluding hydrogens is 480 g/mol. The second-order valence-corrected chi connectivity index (χ2v) is 12.5. The molecule has 2 aromatic carbocycles. The molecule has 0 aliphatic heterocycles. The Bertz CT molecular complexity index is 974. The summed E-state index contributed by atoms with van der Waals surface area (Å²) < 4.78 is 31.5. The SMILES string of the molecule is CCCCNCCCCNC(CC)c1ccc(S(=O)(=O)CCCCOc2cccc(CC(C)C)c2)cc1. The van der Waals surface area contributed by atoms with Crippen molar-refractivity contribution >= 4 is 9.84 Å². The second kappa shape index (κ2) is 17.6. The molecule has 2 rings (SSSR count). The Morgan fingerprint density at radius 3 is 2.30 bits per heavy atom. The van der Waals surface area contributed by atoms with Gasteiger partial charge in [-0.05, 0) is 106 Å². The van der Waals surface area contributed by atoms with Gasteiger partial charge in [0.25, 0.3) is 0 Å². The molecule has 1 atom stereocenters. The summed E-state index contributed by atoms with van der Waals surface area (Å²) in [6.45, 7) is 12.5. The summed E-state index contributed by atoms with van der Waals surface area (Å²) in [4.78, 5) is 0.409. The van der Waals surface area contributed by atoms with Crippen molar-refractivity contribution in [1.82, 2.24) is 10.6 Å². The van der Waals surface area contributed by atoms with Crippen LogP contribution in [0.25, 0.3) is 0 Å². The molecule has 0 radical (unpaired) electrons. The Hall–Kier alpha value is -1.89. The summed E-state index contributed by atoms with van der Waals surface area (Å²) in [7, 11) is -3.29. The van der Waals surface area contributed by atoms with E-state index in [0.29, 0.717) is 30.3 Å². The quantitative estimate of drug-likeness (QED) is 0.186. The molecular formula is C31H50N2O3S. The van der Waals surface area contributed by atoms with E-state index in [1.807, 2.05) is 24.3 Å². The van der Waals surface area contributed by atoms with E-state index in [1.54, 1.807) is 12.1 Å². The van der Waals surface area contributed by atoms with Gasteiger partial charge in [0, 0.05) is 6.04 Å². The minimum atomic E-state index is -3.29. The van der Waals surface area contributed by atoms with E-state index < -0.39 is 9.84 Å². The smallest absolute Gasteiger partial charge is 0.178 e. The fraction of sp³-hybridized carbons (Fsp3) is 0.613. The van der Waals surface area contributed by atoms with Gasteiger partial charge in [-0.1, -0.05) is 58.4 Å². The van der Waals surface area contributed by atoms with Crippen LogP contribution in [0.15, 0.2) is 53.4 Å². The van der Waals surface area contributed by atoms with Crippen molar-refractivity contribution in [2.75, 3.05) is 32.0 Å². The normalized spacial score (nSPS) is 12.7. The minimum Gasteiger partial charge on any atom is -0.494 e.